The van der Waals surface area contributed by atoms with Gasteiger partial charge in [-0.3, -0.25) is 0 Å². The highest BCUT2D eigenvalue weighted by Crippen LogP contribution is 2.32. The summed E-state index contributed by atoms with van der Waals surface area (Å²) in [6, 6.07) is 5.29. The molecule has 0 amide bonds. The largest absolute Gasteiger partial charge is 0.369 e. The lowest BCUT2D eigenvalue weighted by molar-refractivity contribution is 0.617. The predicted octanol–water partition coefficient (Wildman–Crippen LogP) is 2.66. The Morgan fingerprint density at radius 3 is 2.83 bits per heavy atom. The van der Waals surface area contributed by atoms with Crippen molar-refractivity contribution in [1.82, 2.24) is 0 Å². The summed E-state index contributed by atoms with van der Waals surface area (Å²) in [7, 11) is 0. The van der Waals surface area contributed by atoms with Crippen LogP contribution in [-0.4, -0.2) is 30.1 Å². The molecule has 0 spiro atoms. The first kappa shape index (κ1) is 13.7. The van der Waals surface area contributed by atoms with Gasteiger partial charge in [-0.15, -0.1) is 0 Å². The molecule has 0 unspecified atom stereocenters. The Labute approximate surface area is 113 Å². The molecule has 100 valence electrons. The average Bonchev–Trinajstić information content (AvgIpc) is 2.27. The lowest BCUT2D eigenvalue weighted by atomic mass is 10.1. The fourth-order valence-corrected chi connectivity index (χ4v) is 3.48. The van der Waals surface area contributed by atoms with Gasteiger partial charge >= 0.3 is 0 Å². The topological polar surface area (TPSA) is 29.3 Å². The van der Waals surface area contributed by atoms with Crippen molar-refractivity contribution in [3.8, 4) is 0 Å². The molecule has 1 aliphatic rings. The van der Waals surface area contributed by atoms with Gasteiger partial charge in [0.15, 0.2) is 0 Å². The van der Waals surface area contributed by atoms with Crippen molar-refractivity contribution in [2.75, 3.05) is 30.3 Å². The highest BCUT2D eigenvalue weighted by Gasteiger charge is 2.27. The third-order valence-electron chi connectivity index (χ3n) is 3.17. The van der Waals surface area contributed by atoms with Crippen LogP contribution in [0.3, 0.4) is 0 Å². The molecule has 1 aliphatic heterocycles. The second kappa shape index (κ2) is 5.49. The number of nitrogens with two attached hydrogens (primary N) is 1. The third-order valence-corrected chi connectivity index (χ3v) is 4.46. The van der Waals surface area contributed by atoms with Crippen LogP contribution in [0.2, 0.25) is 0 Å². The highest BCUT2D eigenvalue weighted by molar-refractivity contribution is 8.00. The predicted molar refractivity (Wildman–Crippen MR) is 77.9 cm³/mol. The van der Waals surface area contributed by atoms with Gasteiger partial charge in [0.2, 0.25) is 0 Å². The van der Waals surface area contributed by atoms with Crippen molar-refractivity contribution in [2.45, 2.75) is 25.0 Å². The lowest BCUT2D eigenvalue weighted by Crippen LogP contribution is -2.43. The van der Waals surface area contributed by atoms with E-state index in [9.17, 15) is 4.39 Å². The molecule has 1 saturated heterocycles. The summed E-state index contributed by atoms with van der Waals surface area (Å²) in [4.78, 5) is 2.28. The summed E-state index contributed by atoms with van der Waals surface area (Å²) in [6.07, 6.45) is 0.733. The van der Waals surface area contributed by atoms with Crippen molar-refractivity contribution in [3.05, 3.63) is 29.6 Å². The van der Waals surface area contributed by atoms with E-state index in [1.165, 1.54) is 0 Å². The maximum Gasteiger partial charge on any atom is 0.125 e. The van der Waals surface area contributed by atoms with Crippen LogP contribution >= 0.6 is 11.8 Å². The SMILES string of the molecule is CC1(C)CN(c2cc(F)cc(CCN)c2)CCS1. The van der Waals surface area contributed by atoms with Gasteiger partial charge in [0.25, 0.3) is 0 Å². The molecule has 2 rings (SSSR count). The van der Waals surface area contributed by atoms with Crippen LogP contribution in [0.15, 0.2) is 18.2 Å². The second-order valence-electron chi connectivity index (χ2n) is 5.39. The highest BCUT2D eigenvalue weighted by atomic mass is 32.2. The molecule has 0 bridgehead atoms. The number of benzene rings is 1. The third kappa shape index (κ3) is 3.39. The zero-order valence-electron chi connectivity index (χ0n) is 11.1. The van der Waals surface area contributed by atoms with E-state index in [0.29, 0.717) is 6.54 Å². The molecule has 1 aromatic carbocycles. The number of rotatable bonds is 3. The minimum atomic E-state index is -0.160. The Morgan fingerprint density at radius 1 is 1.39 bits per heavy atom. The molecule has 1 aromatic rings. The van der Waals surface area contributed by atoms with Crippen molar-refractivity contribution in [3.63, 3.8) is 0 Å². The van der Waals surface area contributed by atoms with Crippen LogP contribution in [0.25, 0.3) is 0 Å². The maximum absolute atomic E-state index is 13.6. The second-order valence-corrected chi connectivity index (χ2v) is 7.19. The van der Waals surface area contributed by atoms with Crippen LogP contribution in [0, 0.1) is 5.82 Å². The quantitative estimate of drug-likeness (QED) is 0.914. The van der Waals surface area contributed by atoms with Crippen LogP contribution in [0.5, 0.6) is 0 Å². The number of anilines is 1. The normalized spacial score (nSPS) is 19.0. The summed E-state index contributed by atoms with van der Waals surface area (Å²) >= 11 is 1.98. The van der Waals surface area contributed by atoms with Crippen molar-refractivity contribution in [1.29, 1.82) is 0 Å². The fraction of sp³-hybridized carbons (Fsp3) is 0.571. The van der Waals surface area contributed by atoms with Gasteiger partial charge in [-0.1, -0.05) is 0 Å². The van der Waals surface area contributed by atoms with Gasteiger partial charge in [-0.05, 0) is 50.6 Å². The Hall–Kier alpha value is -0.740. The molecular weight excluding hydrogens is 247 g/mol. The smallest absolute Gasteiger partial charge is 0.125 e. The molecule has 2 N–H and O–H groups in total. The minimum absolute atomic E-state index is 0.160. The van der Waals surface area contributed by atoms with E-state index in [1.807, 2.05) is 11.8 Å². The van der Waals surface area contributed by atoms with E-state index in [4.69, 9.17) is 5.73 Å². The van der Waals surface area contributed by atoms with Gasteiger partial charge in [0, 0.05) is 29.3 Å². The zero-order valence-corrected chi connectivity index (χ0v) is 11.9. The molecule has 1 fully saturated rings. The van der Waals surface area contributed by atoms with E-state index >= 15 is 0 Å². The van der Waals surface area contributed by atoms with E-state index < -0.39 is 0 Å². The number of halogens is 1. The molecule has 0 saturated carbocycles. The van der Waals surface area contributed by atoms with Gasteiger partial charge in [-0.2, -0.15) is 11.8 Å². The maximum atomic E-state index is 13.6. The van der Waals surface area contributed by atoms with Gasteiger partial charge in [-0.25, -0.2) is 4.39 Å². The van der Waals surface area contributed by atoms with Crippen LogP contribution in [0.4, 0.5) is 10.1 Å². The first-order valence-corrected chi connectivity index (χ1v) is 7.37. The number of thioether (sulfide) groups is 1. The van der Waals surface area contributed by atoms with Gasteiger partial charge in [0.1, 0.15) is 5.82 Å². The molecule has 18 heavy (non-hydrogen) atoms. The number of hydrogen-bond acceptors (Lipinski definition) is 3. The molecule has 2 nitrogen and oxygen atoms in total. The average molecular weight is 268 g/mol. The molecule has 0 atom stereocenters. The van der Waals surface area contributed by atoms with Crippen LogP contribution < -0.4 is 10.6 Å². The Balaban J connectivity index is 2.21. The summed E-state index contributed by atoms with van der Waals surface area (Å²) in [5.41, 5.74) is 7.52. The lowest BCUT2D eigenvalue weighted by Gasteiger charge is -2.39. The van der Waals surface area contributed by atoms with Crippen molar-refractivity contribution < 1.29 is 4.39 Å². The van der Waals surface area contributed by atoms with Gasteiger partial charge in [0.05, 0.1) is 0 Å². The molecule has 0 aliphatic carbocycles. The van der Waals surface area contributed by atoms with Crippen molar-refractivity contribution >= 4 is 17.4 Å². The molecule has 4 heteroatoms. The minimum Gasteiger partial charge on any atom is -0.369 e. The molecule has 0 aromatic heterocycles. The summed E-state index contributed by atoms with van der Waals surface area (Å²) < 4.78 is 13.9. The standard InChI is InChI=1S/C14H21FN2S/c1-14(2)10-17(5-6-18-14)13-8-11(3-4-16)7-12(15)9-13/h7-9H,3-6,10,16H2,1-2H3. The van der Waals surface area contributed by atoms with E-state index in [0.717, 1.165) is 36.5 Å². The number of nitrogens with zero attached hydrogens (tertiary/aromatic N) is 1. The summed E-state index contributed by atoms with van der Waals surface area (Å²) in [6.45, 7) is 6.99. The van der Waals surface area contributed by atoms with E-state index in [1.54, 1.807) is 12.1 Å². The zero-order chi connectivity index (χ0) is 13.2. The Morgan fingerprint density at radius 2 is 2.17 bits per heavy atom. The number of hydrogen-bond donors (Lipinski definition) is 1. The molecule has 0 radical (unpaired) electrons. The Bertz CT molecular complexity index is 420. The molecule has 1 heterocycles. The first-order chi connectivity index (χ1) is 8.50. The van der Waals surface area contributed by atoms with E-state index in [2.05, 4.69) is 24.8 Å². The first-order valence-electron chi connectivity index (χ1n) is 6.39. The Kier molecular flexibility index (Phi) is 4.17. The van der Waals surface area contributed by atoms with Gasteiger partial charge < -0.3 is 10.6 Å². The van der Waals surface area contributed by atoms with Crippen LogP contribution in [-0.2, 0) is 6.42 Å². The monoisotopic (exact) mass is 268 g/mol. The summed E-state index contributed by atoms with van der Waals surface area (Å²) in [5, 5.41) is 0. The van der Waals surface area contributed by atoms with E-state index in [-0.39, 0.29) is 10.6 Å². The van der Waals surface area contributed by atoms with Crippen LogP contribution in [0.1, 0.15) is 19.4 Å². The van der Waals surface area contributed by atoms with Crippen molar-refractivity contribution in [2.24, 2.45) is 5.73 Å². The summed E-state index contributed by atoms with van der Waals surface area (Å²) in [5.74, 6) is 0.933. The fourth-order valence-electron chi connectivity index (χ4n) is 2.36. The molecular formula is C14H21FN2S.